The molecule has 1 saturated carbocycles. The van der Waals surface area contributed by atoms with E-state index in [0.717, 1.165) is 35.4 Å². The fourth-order valence-electron chi connectivity index (χ4n) is 2.87. The Balaban J connectivity index is 0.000000221. The van der Waals surface area contributed by atoms with Crippen molar-refractivity contribution < 1.29 is 9.63 Å². The largest absolute Gasteiger partial charge is 0.396 e. The third-order valence-corrected chi connectivity index (χ3v) is 4.63. The third-order valence-electron chi connectivity index (χ3n) is 4.63. The number of hydrogen-bond acceptors (Lipinski definition) is 6. The molecule has 0 spiro atoms. The lowest BCUT2D eigenvalue weighted by atomic mass is 9.85. The number of aliphatic imine (C=N–C) groups is 1. The number of carbonyl (C=O) groups is 1. The predicted octanol–water partition coefficient (Wildman–Crippen LogP) is 2.41. The predicted molar refractivity (Wildman–Crippen MR) is 105 cm³/mol. The summed E-state index contributed by atoms with van der Waals surface area (Å²) in [6.07, 6.45) is 2.49. The number of benzodiazepines with no additional fused rings is 1. The lowest BCUT2D eigenvalue weighted by Gasteiger charge is -2.23. The number of nitrogens with one attached hydrogen (secondary N) is 2. The van der Waals surface area contributed by atoms with E-state index in [-0.39, 0.29) is 11.8 Å². The van der Waals surface area contributed by atoms with Crippen LogP contribution in [0.15, 0.2) is 59.6 Å². The Morgan fingerprint density at radius 1 is 1.11 bits per heavy atom. The Kier molecular flexibility index (Phi) is 5.95. The average molecular weight is 365 g/mol. The van der Waals surface area contributed by atoms with Crippen LogP contribution in [0, 0.1) is 11.3 Å². The van der Waals surface area contributed by atoms with Gasteiger partial charge in [-0.05, 0) is 18.9 Å². The molecule has 0 bridgehead atoms. The molecule has 1 atom stereocenters. The summed E-state index contributed by atoms with van der Waals surface area (Å²) in [6.45, 7) is 0. The van der Waals surface area contributed by atoms with Crippen LogP contribution < -0.4 is 16.9 Å². The molecule has 2 aromatic carbocycles. The lowest BCUT2D eigenvalue weighted by Crippen LogP contribution is -2.33. The van der Waals surface area contributed by atoms with E-state index in [1.54, 1.807) is 0 Å². The minimum atomic E-state index is -0.886. The molecule has 0 radical (unpaired) electrons. The monoisotopic (exact) mass is 365 g/mol. The van der Waals surface area contributed by atoms with Gasteiger partial charge in [-0.15, -0.1) is 0 Å². The maximum absolute atomic E-state index is 11.8. The number of amides is 1. The van der Waals surface area contributed by atoms with Crippen molar-refractivity contribution in [3.05, 3.63) is 65.7 Å². The summed E-state index contributed by atoms with van der Waals surface area (Å²) in [5, 5.41) is 9.84. The van der Waals surface area contributed by atoms with Crippen molar-refractivity contribution in [2.45, 2.75) is 25.4 Å². The second-order valence-electron chi connectivity index (χ2n) is 6.43. The number of nitrogens with two attached hydrogens (primary N) is 2. The fraction of sp³-hybridized carbons (Fsp3) is 0.250. The summed E-state index contributed by atoms with van der Waals surface area (Å²) in [7, 11) is 0. The molecular formula is C20H23N5O2. The van der Waals surface area contributed by atoms with Crippen molar-refractivity contribution in [3.63, 3.8) is 0 Å². The molecule has 1 aliphatic carbocycles. The Morgan fingerprint density at radius 3 is 2.37 bits per heavy atom. The molecule has 0 saturated heterocycles. The third kappa shape index (κ3) is 4.39. The number of para-hydroxylation sites is 1. The summed E-state index contributed by atoms with van der Waals surface area (Å²) in [6, 6.07) is 17.3. The van der Waals surface area contributed by atoms with Crippen LogP contribution in [0.3, 0.4) is 0 Å². The first-order chi connectivity index (χ1) is 13.1. The molecule has 2 aliphatic rings. The normalized spacial score (nSPS) is 18.5. The molecule has 1 aliphatic heterocycles. The quantitative estimate of drug-likeness (QED) is 0.370. The molecule has 1 unspecified atom stereocenters. The molecule has 27 heavy (non-hydrogen) atoms. The van der Waals surface area contributed by atoms with Crippen LogP contribution in [0.4, 0.5) is 5.69 Å². The number of anilines is 1. The molecule has 4 rings (SSSR count). The van der Waals surface area contributed by atoms with Gasteiger partial charge in [0, 0.05) is 17.0 Å². The number of hydrogen-bond donors (Lipinski definition) is 4. The van der Waals surface area contributed by atoms with Gasteiger partial charge in [0.15, 0.2) is 6.17 Å². The molecule has 1 fully saturated rings. The van der Waals surface area contributed by atoms with Crippen molar-refractivity contribution >= 4 is 23.2 Å². The Morgan fingerprint density at radius 2 is 1.78 bits per heavy atom. The number of carbonyl (C=O) groups excluding carboxylic acids is 1. The summed E-state index contributed by atoms with van der Waals surface area (Å²) in [5.41, 5.74) is 9.09. The van der Waals surface area contributed by atoms with Gasteiger partial charge in [0.25, 0.3) is 5.91 Å². The van der Waals surface area contributed by atoms with Crippen LogP contribution in [-0.4, -0.2) is 23.7 Å². The molecule has 0 aromatic heterocycles. The summed E-state index contributed by atoms with van der Waals surface area (Å²) >= 11 is 0. The fourth-order valence-corrected chi connectivity index (χ4v) is 2.87. The van der Waals surface area contributed by atoms with Crippen LogP contribution in [0.25, 0.3) is 0 Å². The van der Waals surface area contributed by atoms with E-state index in [9.17, 15) is 4.79 Å². The van der Waals surface area contributed by atoms with Crippen LogP contribution in [0.1, 0.15) is 30.4 Å². The van der Waals surface area contributed by atoms with Gasteiger partial charge < -0.3 is 15.9 Å². The smallest absolute Gasteiger partial charge is 0.263 e. The topological polar surface area (TPSA) is 127 Å². The maximum Gasteiger partial charge on any atom is 0.263 e. The van der Waals surface area contributed by atoms with Crippen LogP contribution in [-0.2, 0) is 9.63 Å². The van der Waals surface area contributed by atoms with Gasteiger partial charge in [-0.3, -0.25) is 15.2 Å². The van der Waals surface area contributed by atoms with Crippen LogP contribution in [0.5, 0.6) is 0 Å². The molecule has 7 heteroatoms. The molecule has 2 aromatic rings. The summed E-state index contributed by atoms with van der Waals surface area (Å²) < 4.78 is 0. The Labute approximate surface area is 157 Å². The highest BCUT2D eigenvalue weighted by atomic mass is 16.6. The van der Waals surface area contributed by atoms with Crippen molar-refractivity contribution in [1.82, 2.24) is 0 Å². The zero-order chi connectivity index (χ0) is 19.2. The molecule has 140 valence electrons. The zero-order valence-corrected chi connectivity index (χ0v) is 14.9. The SMILES string of the molecule is N=C(ON)C1CCC1.NC1N=C(c2ccccc2)c2ccccc2NC1=O. The first kappa shape index (κ1) is 18.8. The van der Waals surface area contributed by atoms with Gasteiger partial charge >= 0.3 is 0 Å². The molecular weight excluding hydrogens is 342 g/mol. The number of rotatable bonds is 2. The standard InChI is InChI=1S/C15H13N3O.C5H10N2O/c16-14-15(19)17-12-9-5-4-8-11(12)13(18-14)10-6-2-1-3-7-10;6-5(8-7)4-2-1-3-4/h1-9,14H,16H2,(H,17,19);4,6H,1-3,7H2. The van der Waals surface area contributed by atoms with Gasteiger partial charge in [-0.1, -0.05) is 55.0 Å². The second kappa shape index (κ2) is 8.57. The van der Waals surface area contributed by atoms with E-state index < -0.39 is 6.17 Å². The lowest BCUT2D eigenvalue weighted by molar-refractivity contribution is -0.117. The number of nitrogens with zero attached hydrogens (tertiary/aromatic N) is 1. The van der Waals surface area contributed by atoms with Gasteiger partial charge in [0.1, 0.15) is 0 Å². The van der Waals surface area contributed by atoms with E-state index in [4.69, 9.17) is 17.0 Å². The van der Waals surface area contributed by atoms with E-state index in [1.807, 2.05) is 54.6 Å². The van der Waals surface area contributed by atoms with Crippen molar-refractivity contribution in [1.29, 1.82) is 5.41 Å². The highest BCUT2D eigenvalue weighted by Gasteiger charge is 2.23. The summed E-state index contributed by atoms with van der Waals surface area (Å²) in [5.74, 6) is 5.04. The Bertz CT molecular complexity index is 846. The van der Waals surface area contributed by atoms with Crippen molar-refractivity contribution in [3.8, 4) is 0 Å². The second-order valence-corrected chi connectivity index (χ2v) is 6.43. The molecule has 7 nitrogen and oxygen atoms in total. The average Bonchev–Trinajstić information content (AvgIpc) is 2.78. The van der Waals surface area contributed by atoms with E-state index in [1.165, 1.54) is 6.42 Å². The van der Waals surface area contributed by atoms with Gasteiger partial charge in [0.2, 0.25) is 5.90 Å². The van der Waals surface area contributed by atoms with Crippen molar-refractivity contribution in [2.24, 2.45) is 22.5 Å². The molecule has 1 heterocycles. The molecule has 1 amide bonds. The first-order valence-corrected chi connectivity index (χ1v) is 8.84. The first-order valence-electron chi connectivity index (χ1n) is 8.84. The van der Waals surface area contributed by atoms with Crippen LogP contribution >= 0.6 is 0 Å². The van der Waals surface area contributed by atoms with Gasteiger partial charge in [-0.25, -0.2) is 0 Å². The highest BCUT2D eigenvalue weighted by Crippen LogP contribution is 2.26. The van der Waals surface area contributed by atoms with Crippen molar-refractivity contribution in [2.75, 3.05) is 5.32 Å². The number of fused-ring (bicyclic) bond motifs is 1. The van der Waals surface area contributed by atoms with E-state index in [0.29, 0.717) is 5.92 Å². The maximum atomic E-state index is 11.8. The molecule has 6 N–H and O–H groups in total. The highest BCUT2D eigenvalue weighted by molar-refractivity contribution is 6.19. The van der Waals surface area contributed by atoms with Gasteiger partial charge in [0.05, 0.1) is 11.4 Å². The minimum absolute atomic E-state index is 0.247. The zero-order valence-electron chi connectivity index (χ0n) is 14.9. The minimum Gasteiger partial charge on any atom is -0.396 e. The van der Waals surface area contributed by atoms with E-state index in [2.05, 4.69) is 15.1 Å². The van der Waals surface area contributed by atoms with E-state index >= 15 is 0 Å². The van der Waals surface area contributed by atoms with Gasteiger partial charge in [-0.2, -0.15) is 5.90 Å². The summed E-state index contributed by atoms with van der Waals surface area (Å²) in [4.78, 5) is 20.4. The number of benzene rings is 2. The Hall–Kier alpha value is -3.03. The van der Waals surface area contributed by atoms with Crippen LogP contribution in [0.2, 0.25) is 0 Å².